The lowest BCUT2D eigenvalue weighted by molar-refractivity contribution is 0.0945. The van der Waals surface area contributed by atoms with Crippen LogP contribution in [-0.4, -0.2) is 29.1 Å². The van der Waals surface area contributed by atoms with E-state index in [0.717, 1.165) is 17.3 Å². The summed E-state index contributed by atoms with van der Waals surface area (Å²) in [6.07, 6.45) is 3.31. The standard InChI is InChI=1S/C16H20N2O2/c1-2-12(8-10-19)11-18-16(20)14-7-9-17-15-6-4-3-5-13(14)15/h3-7,9,12,19H,2,8,10-11H2,1H3,(H,18,20). The van der Waals surface area contributed by atoms with Crippen molar-refractivity contribution in [2.24, 2.45) is 5.92 Å². The molecule has 2 aromatic rings. The normalized spacial score (nSPS) is 12.3. The molecular weight excluding hydrogens is 252 g/mol. The number of amides is 1. The van der Waals surface area contributed by atoms with Gasteiger partial charge < -0.3 is 10.4 Å². The molecule has 106 valence electrons. The Labute approximate surface area is 118 Å². The molecule has 1 amide bonds. The summed E-state index contributed by atoms with van der Waals surface area (Å²) in [5.41, 5.74) is 1.47. The summed E-state index contributed by atoms with van der Waals surface area (Å²) >= 11 is 0. The fourth-order valence-electron chi connectivity index (χ4n) is 2.26. The van der Waals surface area contributed by atoms with Crippen LogP contribution < -0.4 is 5.32 Å². The summed E-state index contributed by atoms with van der Waals surface area (Å²) < 4.78 is 0. The molecule has 0 fully saturated rings. The molecule has 1 aromatic carbocycles. The first-order chi connectivity index (χ1) is 9.76. The largest absolute Gasteiger partial charge is 0.396 e. The number of pyridine rings is 1. The Kier molecular flexibility index (Phi) is 5.07. The quantitative estimate of drug-likeness (QED) is 0.848. The Morgan fingerprint density at radius 1 is 1.35 bits per heavy atom. The van der Waals surface area contributed by atoms with Crippen LogP contribution in [0, 0.1) is 5.92 Å². The average molecular weight is 272 g/mol. The van der Waals surface area contributed by atoms with E-state index in [9.17, 15) is 4.79 Å². The number of rotatable bonds is 6. The first-order valence-electron chi connectivity index (χ1n) is 6.99. The van der Waals surface area contributed by atoms with Crippen LogP contribution in [0.25, 0.3) is 10.9 Å². The van der Waals surface area contributed by atoms with Crippen molar-refractivity contribution in [2.45, 2.75) is 19.8 Å². The molecular formula is C16H20N2O2. The van der Waals surface area contributed by atoms with Crippen molar-refractivity contribution in [3.8, 4) is 0 Å². The van der Waals surface area contributed by atoms with Gasteiger partial charge in [0.1, 0.15) is 0 Å². The van der Waals surface area contributed by atoms with Crippen molar-refractivity contribution in [3.05, 3.63) is 42.1 Å². The van der Waals surface area contributed by atoms with E-state index in [-0.39, 0.29) is 12.5 Å². The minimum absolute atomic E-state index is 0.0833. The fourth-order valence-corrected chi connectivity index (χ4v) is 2.26. The van der Waals surface area contributed by atoms with E-state index < -0.39 is 0 Å². The third kappa shape index (κ3) is 3.33. The number of hydrogen-bond donors (Lipinski definition) is 2. The molecule has 1 atom stereocenters. The monoisotopic (exact) mass is 272 g/mol. The van der Waals surface area contributed by atoms with Gasteiger partial charge in [-0.25, -0.2) is 0 Å². The van der Waals surface area contributed by atoms with Gasteiger partial charge in [-0.15, -0.1) is 0 Å². The molecule has 2 N–H and O–H groups in total. The predicted molar refractivity (Wildman–Crippen MR) is 79.6 cm³/mol. The molecule has 0 aliphatic rings. The van der Waals surface area contributed by atoms with Crippen LogP contribution in [0.2, 0.25) is 0 Å². The number of aromatic nitrogens is 1. The molecule has 2 rings (SSSR count). The molecule has 0 bridgehead atoms. The van der Waals surface area contributed by atoms with Crippen molar-refractivity contribution in [3.63, 3.8) is 0 Å². The van der Waals surface area contributed by atoms with Crippen LogP contribution in [0.4, 0.5) is 0 Å². The van der Waals surface area contributed by atoms with Crippen molar-refractivity contribution in [1.82, 2.24) is 10.3 Å². The van der Waals surface area contributed by atoms with E-state index in [1.165, 1.54) is 0 Å². The highest BCUT2D eigenvalue weighted by Crippen LogP contribution is 2.16. The highest BCUT2D eigenvalue weighted by Gasteiger charge is 2.12. The molecule has 0 spiro atoms. The predicted octanol–water partition coefficient (Wildman–Crippen LogP) is 2.37. The highest BCUT2D eigenvalue weighted by atomic mass is 16.3. The minimum atomic E-state index is -0.0833. The minimum Gasteiger partial charge on any atom is -0.396 e. The van der Waals surface area contributed by atoms with E-state index in [1.54, 1.807) is 12.3 Å². The molecule has 4 nitrogen and oxygen atoms in total. The molecule has 1 heterocycles. The van der Waals surface area contributed by atoms with Gasteiger partial charge in [0.15, 0.2) is 0 Å². The highest BCUT2D eigenvalue weighted by molar-refractivity contribution is 6.05. The van der Waals surface area contributed by atoms with E-state index in [0.29, 0.717) is 24.4 Å². The Hall–Kier alpha value is -1.94. The summed E-state index contributed by atoms with van der Waals surface area (Å²) in [5, 5.41) is 12.8. The molecule has 1 unspecified atom stereocenters. The van der Waals surface area contributed by atoms with Crippen molar-refractivity contribution in [2.75, 3.05) is 13.2 Å². The van der Waals surface area contributed by atoms with Gasteiger partial charge in [0.2, 0.25) is 0 Å². The average Bonchev–Trinajstić information content (AvgIpc) is 2.50. The summed E-state index contributed by atoms with van der Waals surface area (Å²) in [5.74, 6) is 0.233. The summed E-state index contributed by atoms with van der Waals surface area (Å²) in [6.45, 7) is 2.81. The molecule has 0 aliphatic heterocycles. The number of hydrogen-bond acceptors (Lipinski definition) is 3. The zero-order valence-corrected chi connectivity index (χ0v) is 11.7. The fraction of sp³-hybridized carbons (Fsp3) is 0.375. The number of aliphatic hydroxyl groups is 1. The molecule has 0 radical (unpaired) electrons. The topological polar surface area (TPSA) is 62.2 Å². The van der Waals surface area contributed by atoms with Crippen molar-refractivity contribution < 1.29 is 9.90 Å². The van der Waals surface area contributed by atoms with E-state index in [4.69, 9.17) is 5.11 Å². The van der Waals surface area contributed by atoms with Crippen LogP contribution in [-0.2, 0) is 0 Å². The van der Waals surface area contributed by atoms with Crippen LogP contribution in [0.3, 0.4) is 0 Å². The van der Waals surface area contributed by atoms with Gasteiger partial charge in [0, 0.05) is 24.7 Å². The second kappa shape index (κ2) is 7.01. The number of benzene rings is 1. The first kappa shape index (κ1) is 14.5. The Balaban J connectivity index is 2.11. The van der Waals surface area contributed by atoms with Crippen molar-refractivity contribution in [1.29, 1.82) is 0 Å². The zero-order chi connectivity index (χ0) is 14.4. The molecule has 4 heteroatoms. The number of carbonyl (C=O) groups excluding carboxylic acids is 1. The maximum Gasteiger partial charge on any atom is 0.252 e. The van der Waals surface area contributed by atoms with Gasteiger partial charge in [-0.3, -0.25) is 9.78 Å². The van der Waals surface area contributed by atoms with Gasteiger partial charge in [0.05, 0.1) is 11.1 Å². The number of carbonyl (C=O) groups is 1. The smallest absolute Gasteiger partial charge is 0.252 e. The number of nitrogens with one attached hydrogen (secondary N) is 1. The van der Waals surface area contributed by atoms with Crippen LogP contribution >= 0.6 is 0 Å². The van der Waals surface area contributed by atoms with E-state index in [1.807, 2.05) is 24.3 Å². The lowest BCUT2D eigenvalue weighted by atomic mass is 10.0. The number of para-hydroxylation sites is 1. The van der Waals surface area contributed by atoms with Crippen LogP contribution in [0.15, 0.2) is 36.5 Å². The lowest BCUT2D eigenvalue weighted by Crippen LogP contribution is -2.29. The van der Waals surface area contributed by atoms with E-state index in [2.05, 4.69) is 17.2 Å². The summed E-state index contributed by atoms with van der Waals surface area (Å²) in [7, 11) is 0. The van der Waals surface area contributed by atoms with Gasteiger partial charge in [0.25, 0.3) is 5.91 Å². The number of nitrogens with zero attached hydrogens (tertiary/aromatic N) is 1. The third-order valence-electron chi connectivity index (χ3n) is 3.56. The maximum absolute atomic E-state index is 12.3. The molecule has 0 saturated carbocycles. The number of aliphatic hydroxyl groups excluding tert-OH is 1. The molecule has 1 aromatic heterocycles. The first-order valence-corrected chi connectivity index (χ1v) is 6.99. The van der Waals surface area contributed by atoms with E-state index >= 15 is 0 Å². The molecule has 0 saturated heterocycles. The van der Waals surface area contributed by atoms with Gasteiger partial charge in [-0.1, -0.05) is 31.5 Å². The van der Waals surface area contributed by atoms with Gasteiger partial charge in [-0.2, -0.15) is 0 Å². The SMILES string of the molecule is CCC(CCO)CNC(=O)c1ccnc2ccccc12. The second-order valence-electron chi connectivity index (χ2n) is 4.87. The second-order valence-corrected chi connectivity index (χ2v) is 4.87. The molecule has 0 aliphatic carbocycles. The van der Waals surface area contributed by atoms with Gasteiger partial charge in [-0.05, 0) is 24.5 Å². The Morgan fingerprint density at radius 3 is 2.90 bits per heavy atom. The van der Waals surface area contributed by atoms with Crippen LogP contribution in [0.1, 0.15) is 30.1 Å². The third-order valence-corrected chi connectivity index (χ3v) is 3.56. The van der Waals surface area contributed by atoms with Crippen molar-refractivity contribution >= 4 is 16.8 Å². The Bertz CT molecular complexity index is 578. The Morgan fingerprint density at radius 2 is 2.15 bits per heavy atom. The van der Waals surface area contributed by atoms with Crippen LogP contribution in [0.5, 0.6) is 0 Å². The summed E-state index contributed by atoms with van der Waals surface area (Å²) in [6, 6.07) is 9.35. The number of fused-ring (bicyclic) bond motifs is 1. The van der Waals surface area contributed by atoms with Gasteiger partial charge >= 0.3 is 0 Å². The molecule has 20 heavy (non-hydrogen) atoms. The maximum atomic E-state index is 12.3. The summed E-state index contributed by atoms with van der Waals surface area (Å²) in [4.78, 5) is 16.5. The zero-order valence-electron chi connectivity index (χ0n) is 11.7. The lowest BCUT2D eigenvalue weighted by Gasteiger charge is -2.14.